The maximum Gasteiger partial charge on any atom is 0.220 e. The normalized spacial score (nSPS) is 7.67. The topological polar surface area (TPSA) is 140 Å². The molecule has 0 aliphatic rings. The van der Waals surface area contributed by atoms with Gasteiger partial charge in [-0.2, -0.15) is 0 Å². The van der Waals surface area contributed by atoms with Crippen LogP contribution in [0.25, 0.3) is 0 Å². The van der Waals surface area contributed by atoms with E-state index in [-0.39, 0.29) is 0 Å². The highest BCUT2D eigenvalue weighted by atomic mass is 16.8. The van der Waals surface area contributed by atoms with Gasteiger partial charge in [-0.15, -0.1) is 5.10 Å². The zero-order valence-corrected chi connectivity index (χ0v) is 5.58. The second-order valence-electron chi connectivity index (χ2n) is 1.27. The van der Waals surface area contributed by atoms with Crippen molar-refractivity contribution in [1.29, 1.82) is 0 Å². The van der Waals surface area contributed by atoms with Crippen molar-refractivity contribution in [2.24, 2.45) is 0 Å². The number of hydrogen-bond donors (Lipinski definition) is 2. The van der Waals surface area contributed by atoms with Gasteiger partial charge in [0.25, 0.3) is 0 Å². The predicted molar refractivity (Wildman–Crippen MR) is 33.5 cm³/mol. The molecule has 10 nitrogen and oxygen atoms in total. The number of nitro groups is 2. The number of nitrogens with one attached hydrogen (secondary N) is 2. The van der Waals surface area contributed by atoms with Crippen LogP contribution >= 0.6 is 0 Å². The number of aromatic amines is 1. The molecule has 0 aromatic carbocycles. The van der Waals surface area contributed by atoms with E-state index in [1.165, 1.54) is 0 Å². The average Bonchev–Trinajstić information content (AvgIpc) is 2.36. The Morgan fingerprint density at radius 1 is 1.33 bits per heavy atom. The first-order valence-electron chi connectivity index (χ1n) is 2.48. The minimum absolute atomic E-state index is 0.750. The van der Waals surface area contributed by atoms with E-state index in [1.54, 1.807) is 12.4 Å². The van der Waals surface area contributed by atoms with Crippen LogP contribution in [-0.4, -0.2) is 25.5 Å². The van der Waals surface area contributed by atoms with Gasteiger partial charge in [0.2, 0.25) is 10.1 Å². The lowest BCUT2D eigenvalue weighted by Crippen LogP contribution is -2.27. The lowest BCUT2D eigenvalue weighted by Gasteiger charge is -1.78. The van der Waals surface area contributed by atoms with Crippen LogP contribution in [-0.2, 0) is 0 Å². The Labute approximate surface area is 64.8 Å². The lowest BCUT2D eigenvalue weighted by molar-refractivity contribution is -0.778. The summed E-state index contributed by atoms with van der Waals surface area (Å²) in [5.74, 6) is 0. The molecule has 0 bridgehead atoms. The number of hydrogen-bond acceptors (Lipinski definition) is 6. The van der Waals surface area contributed by atoms with Crippen molar-refractivity contribution in [3.05, 3.63) is 32.6 Å². The third-order valence-electron chi connectivity index (χ3n) is 0.495. The van der Waals surface area contributed by atoms with Gasteiger partial charge in [-0.3, -0.25) is 5.10 Å². The Morgan fingerprint density at radius 2 is 1.92 bits per heavy atom. The molecule has 0 aliphatic heterocycles. The summed E-state index contributed by atoms with van der Waals surface area (Å²) in [5.41, 5.74) is 0.750. The fourth-order valence-corrected chi connectivity index (χ4v) is 0.233. The SMILES string of the molecule is O=[N+]([O-])N[N+](=O)[O-].c1c[nH]nn1. The highest BCUT2D eigenvalue weighted by molar-refractivity contribution is 4.54. The number of hydrazine groups is 2. The van der Waals surface area contributed by atoms with Crippen molar-refractivity contribution in [3.63, 3.8) is 0 Å². The first-order valence-corrected chi connectivity index (χ1v) is 2.48. The van der Waals surface area contributed by atoms with E-state index in [1.807, 2.05) is 0 Å². The van der Waals surface area contributed by atoms with Gasteiger partial charge >= 0.3 is 0 Å². The molecule has 2 N–H and O–H groups in total. The molecule has 0 aliphatic carbocycles. The molecule has 1 aromatic heterocycles. The Bertz CT molecular complexity index is 202. The smallest absolute Gasteiger partial charge is 0.220 e. The van der Waals surface area contributed by atoms with E-state index in [0.717, 1.165) is 5.53 Å². The molecule has 0 amide bonds. The molecule has 1 heterocycles. The van der Waals surface area contributed by atoms with Gasteiger partial charge in [0.05, 0.1) is 6.20 Å². The molecule has 1 rings (SSSR count). The second-order valence-corrected chi connectivity index (χ2v) is 1.27. The lowest BCUT2D eigenvalue weighted by atomic mass is 11.0. The Hall–Kier alpha value is -2.26. The van der Waals surface area contributed by atoms with E-state index in [4.69, 9.17) is 20.2 Å². The van der Waals surface area contributed by atoms with E-state index in [0.29, 0.717) is 0 Å². The summed E-state index contributed by atoms with van der Waals surface area (Å²) in [6.45, 7) is 0. The van der Waals surface area contributed by atoms with Crippen LogP contribution < -0.4 is 5.53 Å². The largest absolute Gasteiger partial charge is 0.266 e. The van der Waals surface area contributed by atoms with Gasteiger partial charge in [0.15, 0.2) is 5.53 Å². The molecule has 0 saturated heterocycles. The Kier molecular flexibility index (Phi) is 4.48. The summed E-state index contributed by atoms with van der Waals surface area (Å²) in [4.78, 5) is 18.1. The quantitative estimate of drug-likeness (QED) is 0.424. The number of H-pyrrole nitrogens is 1. The van der Waals surface area contributed by atoms with Gasteiger partial charge in [-0.05, 0) is 0 Å². The van der Waals surface area contributed by atoms with Gasteiger partial charge in [-0.1, -0.05) is 5.21 Å². The zero-order valence-electron chi connectivity index (χ0n) is 5.58. The van der Waals surface area contributed by atoms with Crippen LogP contribution in [0.2, 0.25) is 0 Å². The van der Waals surface area contributed by atoms with Crippen molar-refractivity contribution in [2.45, 2.75) is 0 Å². The fourth-order valence-electron chi connectivity index (χ4n) is 0.233. The third kappa shape index (κ3) is 7.74. The Balaban J connectivity index is 0.000000211. The van der Waals surface area contributed by atoms with Gasteiger partial charge < -0.3 is 0 Å². The van der Waals surface area contributed by atoms with E-state index < -0.39 is 10.1 Å². The standard InChI is InChI=1S/C2H3N3.HN3O4/c1-2-4-5-3-1;4-2(5)1-3(6)7/h1-2H,(H,3,4,5);1H. The van der Waals surface area contributed by atoms with E-state index >= 15 is 0 Å². The number of rotatable bonds is 2. The van der Waals surface area contributed by atoms with Crippen molar-refractivity contribution in [3.8, 4) is 0 Å². The molecule has 0 radical (unpaired) electrons. The summed E-state index contributed by atoms with van der Waals surface area (Å²) in [5, 5.41) is 24.9. The van der Waals surface area contributed by atoms with Crippen LogP contribution in [0.1, 0.15) is 0 Å². The van der Waals surface area contributed by atoms with Gasteiger partial charge in [0.1, 0.15) is 0 Å². The van der Waals surface area contributed by atoms with Crippen molar-refractivity contribution >= 4 is 0 Å². The third-order valence-corrected chi connectivity index (χ3v) is 0.495. The van der Waals surface area contributed by atoms with Crippen molar-refractivity contribution in [2.75, 3.05) is 0 Å². The summed E-state index contributed by atoms with van der Waals surface area (Å²) in [7, 11) is 0. The van der Waals surface area contributed by atoms with Gasteiger partial charge in [-0.25, -0.2) is 20.2 Å². The number of nitrogens with zero attached hydrogens (tertiary/aromatic N) is 4. The monoisotopic (exact) mass is 176 g/mol. The summed E-state index contributed by atoms with van der Waals surface area (Å²) >= 11 is 0. The molecule has 12 heavy (non-hydrogen) atoms. The first-order chi connectivity index (χ1) is 5.63. The first kappa shape index (κ1) is 9.74. The molecule has 66 valence electrons. The van der Waals surface area contributed by atoms with Crippen LogP contribution in [0.5, 0.6) is 0 Å². The molecule has 0 fully saturated rings. The van der Waals surface area contributed by atoms with Crippen LogP contribution in [0, 0.1) is 20.2 Å². The summed E-state index contributed by atoms with van der Waals surface area (Å²) in [6, 6.07) is 0. The molecular formula is C2H4N6O4. The molecule has 0 saturated carbocycles. The van der Waals surface area contributed by atoms with E-state index in [2.05, 4.69) is 15.4 Å². The Morgan fingerprint density at radius 3 is 2.00 bits per heavy atom. The van der Waals surface area contributed by atoms with Crippen LogP contribution in [0.4, 0.5) is 0 Å². The molecular weight excluding hydrogens is 172 g/mol. The highest BCUT2D eigenvalue weighted by Gasteiger charge is 1.99. The highest BCUT2D eigenvalue weighted by Crippen LogP contribution is 1.55. The molecule has 0 atom stereocenters. The minimum atomic E-state index is -1.25. The zero-order chi connectivity index (χ0) is 9.40. The van der Waals surface area contributed by atoms with Crippen molar-refractivity contribution < 1.29 is 10.1 Å². The maximum absolute atomic E-state index is 9.06. The molecule has 0 spiro atoms. The van der Waals surface area contributed by atoms with E-state index in [9.17, 15) is 0 Å². The number of aromatic nitrogens is 3. The van der Waals surface area contributed by atoms with Gasteiger partial charge in [0, 0.05) is 6.20 Å². The summed E-state index contributed by atoms with van der Waals surface area (Å²) < 4.78 is 0. The predicted octanol–water partition coefficient (Wildman–Crippen LogP) is -1.24. The fraction of sp³-hybridized carbons (Fsp3) is 0. The maximum atomic E-state index is 9.06. The van der Waals surface area contributed by atoms with Crippen LogP contribution in [0.15, 0.2) is 12.4 Å². The molecule has 0 unspecified atom stereocenters. The molecule has 1 aromatic rings. The average molecular weight is 176 g/mol. The molecule has 10 heteroatoms. The minimum Gasteiger partial charge on any atom is -0.266 e. The van der Waals surface area contributed by atoms with Crippen molar-refractivity contribution in [1.82, 2.24) is 20.9 Å². The second kappa shape index (κ2) is 5.52. The summed E-state index contributed by atoms with van der Waals surface area (Å²) in [6.07, 6.45) is 3.24. The van der Waals surface area contributed by atoms with Crippen LogP contribution in [0.3, 0.4) is 0 Å².